The van der Waals surface area contributed by atoms with Crippen molar-refractivity contribution in [2.75, 3.05) is 18.5 Å². The van der Waals surface area contributed by atoms with E-state index < -0.39 is 17.5 Å². The van der Waals surface area contributed by atoms with E-state index in [0.29, 0.717) is 18.0 Å². The molecule has 1 aliphatic heterocycles. The van der Waals surface area contributed by atoms with Crippen molar-refractivity contribution in [1.29, 1.82) is 0 Å². The molecule has 0 unspecified atom stereocenters. The molecule has 1 heterocycles. The molecule has 1 aromatic carbocycles. The summed E-state index contributed by atoms with van der Waals surface area (Å²) in [6.45, 7) is 3.74. The number of hydrogen-bond acceptors (Lipinski definition) is 4. The molecule has 1 aromatic rings. The van der Waals surface area contributed by atoms with E-state index in [0.717, 1.165) is 17.7 Å². The molecule has 7 heteroatoms. The number of carbonyl (C=O) groups is 3. The van der Waals surface area contributed by atoms with Gasteiger partial charge in [0.25, 0.3) is 5.91 Å². The summed E-state index contributed by atoms with van der Waals surface area (Å²) in [4.78, 5) is 37.8. The number of carbonyl (C=O) groups excluding carboxylic acids is 3. The van der Waals surface area contributed by atoms with Crippen LogP contribution in [0, 0.1) is 5.92 Å². The fraction of sp³-hybridized carbons (Fsp3) is 0.471. The molecule has 0 aromatic heterocycles. The van der Waals surface area contributed by atoms with Gasteiger partial charge in [0.05, 0.1) is 12.3 Å². The second-order valence-corrected chi connectivity index (χ2v) is 6.28. The van der Waals surface area contributed by atoms with Crippen LogP contribution in [0.15, 0.2) is 24.3 Å². The van der Waals surface area contributed by atoms with Gasteiger partial charge in [0.2, 0.25) is 5.91 Å². The van der Waals surface area contributed by atoms with Crippen molar-refractivity contribution in [2.24, 2.45) is 5.92 Å². The Morgan fingerprint density at radius 1 is 1.38 bits per heavy atom. The third-order valence-corrected chi connectivity index (χ3v) is 4.46. The molecule has 0 radical (unpaired) electrons. The summed E-state index contributed by atoms with van der Waals surface area (Å²) in [6, 6.07) is 6.53. The van der Waals surface area contributed by atoms with E-state index in [2.05, 4.69) is 10.6 Å². The van der Waals surface area contributed by atoms with Crippen LogP contribution >= 0.6 is 0 Å². The largest absolute Gasteiger partial charge is 0.492 e. The van der Waals surface area contributed by atoms with Gasteiger partial charge in [-0.15, -0.1) is 0 Å². The van der Waals surface area contributed by atoms with Gasteiger partial charge in [-0.3, -0.25) is 14.5 Å². The normalized spacial score (nSPS) is 23.2. The lowest BCUT2D eigenvalue weighted by molar-refractivity contribution is -0.134. The van der Waals surface area contributed by atoms with Crippen molar-refractivity contribution >= 4 is 23.5 Å². The molecular weight excluding hydrogens is 310 g/mol. The van der Waals surface area contributed by atoms with E-state index in [1.165, 1.54) is 0 Å². The van der Waals surface area contributed by atoms with Crippen LogP contribution in [0.2, 0.25) is 0 Å². The molecule has 1 aliphatic carbocycles. The number of imide groups is 1. The van der Waals surface area contributed by atoms with Crippen LogP contribution in [0.4, 0.5) is 10.5 Å². The molecule has 3 rings (SSSR count). The molecule has 2 N–H and O–H groups in total. The van der Waals surface area contributed by atoms with Crippen LogP contribution < -0.4 is 15.4 Å². The number of hydrogen-bond donors (Lipinski definition) is 2. The van der Waals surface area contributed by atoms with Crippen molar-refractivity contribution in [3.8, 4) is 5.75 Å². The average Bonchev–Trinajstić information content (AvgIpc) is 3.36. The number of rotatable bonds is 6. The average molecular weight is 331 g/mol. The highest BCUT2D eigenvalue weighted by atomic mass is 16.5. The van der Waals surface area contributed by atoms with Gasteiger partial charge in [0, 0.05) is 0 Å². The topological polar surface area (TPSA) is 87.7 Å². The monoisotopic (exact) mass is 331 g/mol. The van der Waals surface area contributed by atoms with E-state index in [1.54, 1.807) is 31.2 Å². The minimum absolute atomic E-state index is 0.167. The van der Waals surface area contributed by atoms with E-state index in [9.17, 15) is 14.4 Å². The van der Waals surface area contributed by atoms with E-state index >= 15 is 0 Å². The highest BCUT2D eigenvalue weighted by molar-refractivity contribution is 6.10. The minimum atomic E-state index is -0.874. The molecular formula is C17H21N3O4. The lowest BCUT2D eigenvalue weighted by atomic mass is 9.96. The molecule has 0 bridgehead atoms. The number of nitrogens with one attached hydrogen (secondary N) is 2. The van der Waals surface area contributed by atoms with Crippen molar-refractivity contribution < 1.29 is 19.1 Å². The van der Waals surface area contributed by atoms with Crippen LogP contribution in [0.25, 0.3) is 0 Å². The highest BCUT2D eigenvalue weighted by Crippen LogP contribution is 2.42. The Kier molecular flexibility index (Phi) is 4.17. The number of nitrogens with zero attached hydrogens (tertiary/aromatic N) is 1. The van der Waals surface area contributed by atoms with Gasteiger partial charge in [-0.2, -0.15) is 0 Å². The van der Waals surface area contributed by atoms with Gasteiger partial charge in [0.15, 0.2) is 0 Å². The van der Waals surface area contributed by atoms with E-state index in [4.69, 9.17) is 4.74 Å². The molecule has 4 amide bonds. The van der Waals surface area contributed by atoms with Crippen molar-refractivity contribution in [3.63, 3.8) is 0 Å². The number of ether oxygens (including phenoxy) is 1. The Balaban J connectivity index is 1.67. The maximum absolute atomic E-state index is 12.5. The maximum Gasteiger partial charge on any atom is 0.325 e. The Morgan fingerprint density at radius 2 is 2.08 bits per heavy atom. The zero-order chi connectivity index (χ0) is 17.3. The van der Waals surface area contributed by atoms with Crippen LogP contribution in [0.1, 0.15) is 26.7 Å². The number of benzene rings is 1. The molecule has 0 spiro atoms. The van der Waals surface area contributed by atoms with E-state index in [1.807, 2.05) is 6.92 Å². The third-order valence-electron chi connectivity index (χ3n) is 4.46. The maximum atomic E-state index is 12.5. The fourth-order valence-electron chi connectivity index (χ4n) is 2.98. The molecule has 128 valence electrons. The van der Waals surface area contributed by atoms with Crippen LogP contribution in [-0.2, 0) is 9.59 Å². The van der Waals surface area contributed by atoms with Crippen LogP contribution in [-0.4, -0.2) is 41.4 Å². The zero-order valence-corrected chi connectivity index (χ0v) is 13.8. The number of anilines is 1. The summed E-state index contributed by atoms with van der Waals surface area (Å²) in [5, 5.41) is 5.42. The Bertz CT molecular complexity index is 686. The third kappa shape index (κ3) is 2.93. The van der Waals surface area contributed by atoms with Crippen molar-refractivity contribution in [3.05, 3.63) is 24.3 Å². The van der Waals surface area contributed by atoms with Gasteiger partial charge in [0.1, 0.15) is 17.8 Å². The van der Waals surface area contributed by atoms with Crippen LogP contribution in [0.5, 0.6) is 5.75 Å². The summed E-state index contributed by atoms with van der Waals surface area (Å²) in [7, 11) is 0. The summed E-state index contributed by atoms with van der Waals surface area (Å²) in [6.07, 6.45) is 1.84. The van der Waals surface area contributed by atoms with Crippen molar-refractivity contribution in [2.45, 2.75) is 32.2 Å². The van der Waals surface area contributed by atoms with Gasteiger partial charge in [-0.05, 0) is 44.7 Å². The lowest BCUT2D eigenvalue weighted by Gasteiger charge is -2.20. The molecule has 1 atom stereocenters. The van der Waals surface area contributed by atoms with Gasteiger partial charge >= 0.3 is 6.03 Å². The molecule has 24 heavy (non-hydrogen) atoms. The second kappa shape index (κ2) is 6.14. The summed E-state index contributed by atoms with van der Waals surface area (Å²) in [5.74, 6) is -0.0528. The molecule has 2 fully saturated rings. The lowest BCUT2D eigenvalue weighted by Crippen LogP contribution is -2.46. The minimum Gasteiger partial charge on any atom is -0.492 e. The summed E-state index contributed by atoms with van der Waals surface area (Å²) in [5.41, 5.74) is -0.359. The SMILES string of the molecule is CCOc1ccccc1NC(=O)CN1C(=O)N[C@@](C)(C2CC2)C1=O. The Labute approximate surface area is 140 Å². The number of urea groups is 1. The van der Waals surface area contributed by atoms with Crippen molar-refractivity contribution in [1.82, 2.24) is 10.2 Å². The van der Waals surface area contributed by atoms with Gasteiger partial charge in [-0.25, -0.2) is 4.79 Å². The Hall–Kier alpha value is -2.57. The summed E-state index contributed by atoms with van der Waals surface area (Å²) >= 11 is 0. The number of para-hydroxylation sites is 2. The predicted molar refractivity (Wildman–Crippen MR) is 87.6 cm³/mol. The first-order chi connectivity index (χ1) is 11.5. The molecule has 1 saturated carbocycles. The quantitative estimate of drug-likeness (QED) is 0.777. The summed E-state index contributed by atoms with van der Waals surface area (Å²) < 4.78 is 5.45. The second-order valence-electron chi connectivity index (χ2n) is 6.28. The number of amides is 4. The fourth-order valence-corrected chi connectivity index (χ4v) is 2.98. The smallest absolute Gasteiger partial charge is 0.325 e. The molecule has 1 saturated heterocycles. The first-order valence-corrected chi connectivity index (χ1v) is 8.11. The standard InChI is InChI=1S/C17H21N3O4/c1-3-24-13-7-5-4-6-12(13)18-14(21)10-20-15(22)17(2,11-8-9-11)19-16(20)23/h4-7,11H,3,8-10H2,1-2H3,(H,18,21)(H,19,23)/t17-/m0/s1. The molecule has 2 aliphatic rings. The predicted octanol–water partition coefficient (Wildman–Crippen LogP) is 1.74. The molecule has 7 nitrogen and oxygen atoms in total. The first-order valence-electron chi connectivity index (χ1n) is 8.11. The Morgan fingerprint density at radius 3 is 2.75 bits per heavy atom. The van der Waals surface area contributed by atoms with Gasteiger partial charge in [-0.1, -0.05) is 12.1 Å². The van der Waals surface area contributed by atoms with E-state index in [-0.39, 0.29) is 18.4 Å². The highest BCUT2D eigenvalue weighted by Gasteiger charge is 2.56. The zero-order valence-electron chi connectivity index (χ0n) is 13.8. The van der Waals surface area contributed by atoms with Crippen LogP contribution in [0.3, 0.4) is 0 Å². The first kappa shape index (κ1) is 16.3. The van der Waals surface area contributed by atoms with Gasteiger partial charge < -0.3 is 15.4 Å².